The smallest absolute Gasteiger partial charge is 0.175 e. The van der Waals surface area contributed by atoms with E-state index >= 15 is 0 Å². The number of aromatic nitrogens is 1. The average Bonchev–Trinajstić information content (AvgIpc) is 2.67. The Morgan fingerprint density at radius 2 is 1.70 bits per heavy atom. The van der Waals surface area contributed by atoms with E-state index in [0.29, 0.717) is 4.90 Å². The number of pyridine rings is 1. The third kappa shape index (κ3) is 5.49. The van der Waals surface area contributed by atoms with E-state index in [2.05, 4.69) is 35.1 Å². The van der Waals surface area contributed by atoms with Crippen molar-refractivity contribution in [2.45, 2.75) is 17.9 Å². The van der Waals surface area contributed by atoms with E-state index in [1.54, 1.807) is 12.1 Å². The van der Waals surface area contributed by atoms with Gasteiger partial charge >= 0.3 is 0 Å². The molecule has 0 N–H and O–H groups in total. The second kappa shape index (κ2) is 8.46. The van der Waals surface area contributed by atoms with Gasteiger partial charge in [0.25, 0.3) is 0 Å². The standard InChI is InChI=1S/C22H24N2O2S/c1-24(15-13-21-8-3-4-14-23-21)17-18-6-5-7-20(16-18)19-9-11-22(12-10-19)27(2,25)26/h3-12,14,16H,13,15,17H2,1-2H3. The van der Waals surface area contributed by atoms with Gasteiger partial charge < -0.3 is 4.90 Å². The highest BCUT2D eigenvalue weighted by Crippen LogP contribution is 2.23. The Morgan fingerprint density at radius 3 is 2.37 bits per heavy atom. The first-order chi connectivity index (χ1) is 12.9. The molecule has 2 aromatic carbocycles. The van der Waals surface area contributed by atoms with Gasteiger partial charge in [-0.15, -0.1) is 0 Å². The van der Waals surface area contributed by atoms with Crippen molar-refractivity contribution < 1.29 is 8.42 Å². The monoisotopic (exact) mass is 380 g/mol. The number of benzene rings is 2. The summed E-state index contributed by atoms with van der Waals surface area (Å²) in [4.78, 5) is 6.99. The fourth-order valence-corrected chi connectivity index (χ4v) is 3.62. The highest BCUT2D eigenvalue weighted by atomic mass is 32.2. The minimum atomic E-state index is -3.17. The summed E-state index contributed by atoms with van der Waals surface area (Å²) in [7, 11) is -1.06. The van der Waals surface area contributed by atoms with Crippen molar-refractivity contribution in [3.8, 4) is 11.1 Å². The number of likely N-dealkylation sites (N-methyl/N-ethyl adjacent to an activating group) is 1. The zero-order valence-electron chi connectivity index (χ0n) is 15.7. The maximum absolute atomic E-state index is 11.6. The maximum Gasteiger partial charge on any atom is 0.175 e. The molecular weight excluding hydrogens is 356 g/mol. The molecule has 0 atom stereocenters. The number of sulfone groups is 1. The molecule has 4 nitrogen and oxygen atoms in total. The summed E-state index contributed by atoms with van der Waals surface area (Å²) in [5.74, 6) is 0. The van der Waals surface area contributed by atoms with Crippen LogP contribution >= 0.6 is 0 Å². The van der Waals surface area contributed by atoms with Crippen LogP contribution in [0.5, 0.6) is 0 Å². The van der Waals surface area contributed by atoms with E-state index in [1.807, 2.05) is 42.6 Å². The van der Waals surface area contributed by atoms with Gasteiger partial charge in [0, 0.05) is 37.7 Å². The Bertz CT molecular complexity index is 984. The van der Waals surface area contributed by atoms with Crippen LogP contribution in [-0.2, 0) is 22.8 Å². The van der Waals surface area contributed by atoms with E-state index in [4.69, 9.17) is 0 Å². The van der Waals surface area contributed by atoms with Gasteiger partial charge in [-0.1, -0.05) is 36.4 Å². The van der Waals surface area contributed by atoms with Crippen LogP contribution in [0, 0.1) is 0 Å². The zero-order valence-corrected chi connectivity index (χ0v) is 16.5. The van der Waals surface area contributed by atoms with E-state index in [0.717, 1.165) is 36.3 Å². The summed E-state index contributed by atoms with van der Waals surface area (Å²) < 4.78 is 23.2. The number of nitrogens with zero attached hydrogens (tertiary/aromatic N) is 2. The lowest BCUT2D eigenvalue weighted by atomic mass is 10.0. The average molecular weight is 381 g/mol. The third-order valence-electron chi connectivity index (χ3n) is 4.47. The van der Waals surface area contributed by atoms with Crippen molar-refractivity contribution in [2.75, 3.05) is 19.8 Å². The van der Waals surface area contributed by atoms with E-state index in [9.17, 15) is 8.42 Å². The number of hydrogen-bond donors (Lipinski definition) is 0. The summed E-state index contributed by atoms with van der Waals surface area (Å²) in [5, 5.41) is 0. The molecule has 0 radical (unpaired) electrons. The highest BCUT2D eigenvalue weighted by molar-refractivity contribution is 7.90. The number of rotatable bonds is 7. The molecular formula is C22H24N2O2S. The predicted octanol–water partition coefficient (Wildman–Crippen LogP) is 3.83. The Kier molecular flexibility index (Phi) is 6.04. The van der Waals surface area contributed by atoms with E-state index in [-0.39, 0.29) is 0 Å². The van der Waals surface area contributed by atoms with Gasteiger partial charge in [-0.25, -0.2) is 8.42 Å². The van der Waals surface area contributed by atoms with Crippen molar-refractivity contribution >= 4 is 9.84 Å². The van der Waals surface area contributed by atoms with E-state index < -0.39 is 9.84 Å². The van der Waals surface area contributed by atoms with Crippen LogP contribution in [0.15, 0.2) is 77.8 Å². The molecule has 0 aliphatic rings. The van der Waals surface area contributed by atoms with Gasteiger partial charge in [0.2, 0.25) is 0 Å². The maximum atomic E-state index is 11.6. The lowest BCUT2D eigenvalue weighted by Crippen LogP contribution is -2.21. The molecule has 1 aromatic heterocycles. The summed E-state index contributed by atoms with van der Waals surface area (Å²) in [5.41, 5.74) is 4.43. The van der Waals surface area contributed by atoms with Crippen LogP contribution < -0.4 is 0 Å². The molecule has 5 heteroatoms. The molecule has 0 aliphatic carbocycles. The quantitative estimate of drug-likeness (QED) is 0.625. The van der Waals surface area contributed by atoms with Gasteiger partial charge in [-0.3, -0.25) is 4.98 Å². The van der Waals surface area contributed by atoms with Gasteiger partial charge in [0.05, 0.1) is 4.90 Å². The second-order valence-electron chi connectivity index (χ2n) is 6.81. The van der Waals surface area contributed by atoms with Crippen molar-refractivity contribution in [1.29, 1.82) is 0 Å². The largest absolute Gasteiger partial charge is 0.302 e. The molecule has 140 valence electrons. The minimum absolute atomic E-state index is 0.344. The minimum Gasteiger partial charge on any atom is -0.302 e. The Labute approximate surface area is 161 Å². The fraction of sp³-hybridized carbons (Fsp3) is 0.227. The zero-order chi connectivity index (χ0) is 19.3. The summed E-state index contributed by atoms with van der Waals surface area (Å²) in [6.07, 6.45) is 3.97. The Hall–Kier alpha value is -2.50. The molecule has 3 rings (SSSR count). The third-order valence-corrected chi connectivity index (χ3v) is 5.60. The molecule has 27 heavy (non-hydrogen) atoms. The van der Waals surface area contributed by atoms with Gasteiger partial charge in [-0.05, 0) is 54.1 Å². The molecule has 0 saturated carbocycles. The van der Waals surface area contributed by atoms with Gasteiger partial charge in [0.1, 0.15) is 0 Å². The molecule has 0 unspecified atom stereocenters. The van der Waals surface area contributed by atoms with Crippen LogP contribution in [0.4, 0.5) is 0 Å². The first-order valence-electron chi connectivity index (χ1n) is 8.90. The Balaban J connectivity index is 1.66. The molecule has 0 fully saturated rings. The van der Waals surface area contributed by atoms with Crippen LogP contribution in [0.25, 0.3) is 11.1 Å². The molecule has 0 bridgehead atoms. The van der Waals surface area contributed by atoms with Crippen molar-refractivity contribution in [1.82, 2.24) is 9.88 Å². The van der Waals surface area contributed by atoms with Crippen LogP contribution in [0.3, 0.4) is 0 Å². The van der Waals surface area contributed by atoms with E-state index in [1.165, 1.54) is 11.8 Å². The normalized spacial score (nSPS) is 11.7. The van der Waals surface area contributed by atoms with Crippen LogP contribution in [-0.4, -0.2) is 38.1 Å². The molecule has 0 saturated heterocycles. The summed E-state index contributed by atoms with van der Waals surface area (Å²) >= 11 is 0. The summed E-state index contributed by atoms with van der Waals surface area (Å²) in [6.45, 7) is 1.78. The van der Waals surface area contributed by atoms with Crippen molar-refractivity contribution in [3.63, 3.8) is 0 Å². The second-order valence-corrected chi connectivity index (χ2v) is 8.82. The number of hydrogen-bond acceptors (Lipinski definition) is 4. The lowest BCUT2D eigenvalue weighted by molar-refractivity contribution is 0.330. The van der Waals surface area contributed by atoms with Crippen LogP contribution in [0.1, 0.15) is 11.3 Å². The lowest BCUT2D eigenvalue weighted by Gasteiger charge is -2.17. The van der Waals surface area contributed by atoms with Crippen LogP contribution in [0.2, 0.25) is 0 Å². The summed E-state index contributed by atoms with van der Waals surface area (Å²) in [6, 6.07) is 21.4. The molecule has 0 spiro atoms. The SMILES string of the molecule is CN(CCc1ccccn1)Cc1cccc(-c2ccc(S(C)(=O)=O)cc2)c1. The fourth-order valence-electron chi connectivity index (χ4n) is 2.99. The highest BCUT2D eigenvalue weighted by Gasteiger charge is 2.08. The molecule has 0 amide bonds. The predicted molar refractivity (Wildman–Crippen MR) is 109 cm³/mol. The Morgan fingerprint density at radius 1 is 0.926 bits per heavy atom. The topological polar surface area (TPSA) is 50.3 Å². The first-order valence-corrected chi connectivity index (χ1v) is 10.8. The van der Waals surface area contributed by atoms with Gasteiger partial charge in [-0.2, -0.15) is 0 Å². The van der Waals surface area contributed by atoms with Crippen molar-refractivity contribution in [2.24, 2.45) is 0 Å². The molecule has 3 aromatic rings. The van der Waals surface area contributed by atoms with Crippen molar-refractivity contribution in [3.05, 3.63) is 84.2 Å². The molecule has 0 aliphatic heterocycles. The first kappa shape index (κ1) is 19.3. The van der Waals surface area contributed by atoms with Gasteiger partial charge in [0.15, 0.2) is 9.84 Å². The molecule has 1 heterocycles.